The number of nitrogens with zero attached hydrogens (tertiary/aromatic N) is 2. The molecule has 1 heterocycles. The first-order chi connectivity index (χ1) is 11.6. The number of rotatable bonds is 3. The molecule has 0 aliphatic rings. The normalized spacial score (nSPS) is 11.9. The third kappa shape index (κ3) is 2.80. The molecule has 2 aromatic carbocycles. The van der Waals surface area contributed by atoms with Crippen LogP contribution in [0.5, 0.6) is 0 Å². The minimum Gasteiger partial charge on any atom is -0.295 e. The molecule has 1 N–H and O–H groups in total. The van der Waals surface area contributed by atoms with Crippen LogP contribution in [0.1, 0.15) is 5.56 Å². The fourth-order valence-corrected chi connectivity index (χ4v) is 3.85. The summed E-state index contributed by atoms with van der Waals surface area (Å²) in [6.07, 6.45) is 0. The highest BCUT2D eigenvalue weighted by Crippen LogP contribution is 2.26. The summed E-state index contributed by atoms with van der Waals surface area (Å²) in [5, 5.41) is 0. The number of imidazole rings is 1. The lowest BCUT2D eigenvalue weighted by atomic mass is 10.2. The van der Waals surface area contributed by atoms with Gasteiger partial charge in [0, 0.05) is 14.1 Å². The van der Waals surface area contributed by atoms with Crippen LogP contribution in [0.2, 0.25) is 0 Å². The first kappa shape index (κ1) is 17.2. The standard InChI is InChI=1S/C16H15F2N3O3S/c1-9-6-13-14(21(3)16(22)20(13)2)8-12(9)19-25(23,24)15-7-10(17)4-5-11(15)18/h4-8,19H,1-3H3. The molecular formula is C16H15F2N3O3S. The van der Waals surface area contributed by atoms with Gasteiger partial charge in [-0.25, -0.2) is 22.0 Å². The van der Waals surface area contributed by atoms with Crippen molar-refractivity contribution in [1.29, 1.82) is 0 Å². The van der Waals surface area contributed by atoms with Gasteiger partial charge in [0.15, 0.2) is 0 Å². The molecule has 0 radical (unpaired) electrons. The second-order valence-corrected chi connectivity index (χ2v) is 7.39. The van der Waals surface area contributed by atoms with E-state index in [1.165, 1.54) is 15.2 Å². The van der Waals surface area contributed by atoms with Crippen LogP contribution in [0, 0.1) is 18.6 Å². The number of benzene rings is 2. The number of hydrogen-bond donors (Lipinski definition) is 1. The van der Waals surface area contributed by atoms with Gasteiger partial charge in [0.1, 0.15) is 16.5 Å². The zero-order valence-corrected chi connectivity index (χ0v) is 14.5. The summed E-state index contributed by atoms with van der Waals surface area (Å²) >= 11 is 0. The van der Waals surface area contributed by atoms with Crippen molar-refractivity contribution in [1.82, 2.24) is 9.13 Å². The Balaban J connectivity index is 2.14. The maximum atomic E-state index is 13.8. The first-order valence-corrected chi connectivity index (χ1v) is 8.74. The van der Waals surface area contributed by atoms with Crippen molar-refractivity contribution in [3.63, 3.8) is 0 Å². The monoisotopic (exact) mass is 367 g/mol. The predicted octanol–water partition coefficient (Wildman–Crippen LogP) is 2.26. The van der Waals surface area contributed by atoms with E-state index in [-0.39, 0.29) is 11.4 Å². The van der Waals surface area contributed by atoms with Crippen LogP contribution in [0.4, 0.5) is 14.5 Å². The summed E-state index contributed by atoms with van der Waals surface area (Å²) in [7, 11) is -1.17. The van der Waals surface area contributed by atoms with Gasteiger partial charge < -0.3 is 0 Å². The zero-order valence-electron chi connectivity index (χ0n) is 13.7. The van der Waals surface area contributed by atoms with Crippen molar-refractivity contribution in [3.05, 3.63) is 58.0 Å². The first-order valence-electron chi connectivity index (χ1n) is 7.26. The lowest BCUT2D eigenvalue weighted by Gasteiger charge is -2.12. The van der Waals surface area contributed by atoms with Crippen molar-refractivity contribution in [2.45, 2.75) is 11.8 Å². The van der Waals surface area contributed by atoms with Crippen LogP contribution in [-0.2, 0) is 24.1 Å². The van der Waals surface area contributed by atoms with Gasteiger partial charge in [0.2, 0.25) is 0 Å². The minimum absolute atomic E-state index is 0.178. The highest BCUT2D eigenvalue weighted by atomic mass is 32.2. The van der Waals surface area contributed by atoms with E-state index >= 15 is 0 Å². The number of aromatic nitrogens is 2. The van der Waals surface area contributed by atoms with Crippen molar-refractivity contribution in [2.75, 3.05) is 4.72 Å². The average molecular weight is 367 g/mol. The van der Waals surface area contributed by atoms with Gasteiger partial charge in [-0.1, -0.05) is 0 Å². The van der Waals surface area contributed by atoms with E-state index < -0.39 is 26.6 Å². The zero-order chi connectivity index (χ0) is 18.5. The minimum atomic E-state index is -4.33. The second-order valence-electron chi connectivity index (χ2n) is 5.74. The van der Waals surface area contributed by atoms with E-state index in [0.29, 0.717) is 22.7 Å². The molecule has 132 valence electrons. The molecule has 3 rings (SSSR count). The van der Waals surface area contributed by atoms with Crippen LogP contribution < -0.4 is 10.4 Å². The molecule has 3 aromatic rings. The average Bonchev–Trinajstić information content (AvgIpc) is 2.74. The summed E-state index contributed by atoms with van der Waals surface area (Å²) in [6, 6.07) is 5.34. The molecule has 6 nitrogen and oxygen atoms in total. The Morgan fingerprint density at radius 3 is 2.24 bits per heavy atom. The van der Waals surface area contributed by atoms with Gasteiger partial charge in [0.05, 0.1) is 16.7 Å². The van der Waals surface area contributed by atoms with E-state index in [1.54, 1.807) is 27.1 Å². The number of sulfonamides is 1. The van der Waals surface area contributed by atoms with Gasteiger partial charge in [0.25, 0.3) is 10.0 Å². The maximum absolute atomic E-state index is 13.8. The summed E-state index contributed by atoms with van der Waals surface area (Å²) in [6.45, 7) is 1.65. The number of hydrogen-bond acceptors (Lipinski definition) is 3. The van der Waals surface area contributed by atoms with Gasteiger partial charge in [-0.05, 0) is 42.8 Å². The number of fused-ring (bicyclic) bond motifs is 1. The van der Waals surface area contributed by atoms with Crippen LogP contribution in [-0.4, -0.2) is 17.6 Å². The Bertz CT molecular complexity index is 1160. The van der Waals surface area contributed by atoms with Crippen molar-refractivity contribution in [2.24, 2.45) is 14.1 Å². The Morgan fingerprint density at radius 1 is 1.00 bits per heavy atom. The largest absolute Gasteiger partial charge is 0.328 e. The van der Waals surface area contributed by atoms with Crippen LogP contribution in [0.3, 0.4) is 0 Å². The molecule has 0 unspecified atom stereocenters. The Labute approximate surface area is 142 Å². The third-order valence-corrected chi connectivity index (χ3v) is 5.43. The lowest BCUT2D eigenvalue weighted by Crippen LogP contribution is -2.19. The molecule has 0 saturated heterocycles. The molecule has 9 heteroatoms. The molecule has 0 spiro atoms. The quantitative estimate of drug-likeness (QED) is 0.772. The molecule has 0 fully saturated rings. The Morgan fingerprint density at radius 2 is 1.60 bits per heavy atom. The topological polar surface area (TPSA) is 73.1 Å². The van der Waals surface area contributed by atoms with Gasteiger partial charge in [-0.2, -0.15) is 0 Å². The van der Waals surface area contributed by atoms with Crippen molar-refractivity contribution >= 4 is 26.7 Å². The molecule has 0 aliphatic carbocycles. The number of aryl methyl sites for hydroxylation is 3. The molecule has 1 aromatic heterocycles. The molecular weight excluding hydrogens is 352 g/mol. The van der Waals surface area contributed by atoms with Crippen LogP contribution in [0.25, 0.3) is 11.0 Å². The van der Waals surface area contributed by atoms with Crippen molar-refractivity contribution < 1.29 is 17.2 Å². The van der Waals surface area contributed by atoms with E-state index in [1.807, 2.05) is 0 Å². The fourth-order valence-electron chi connectivity index (χ4n) is 2.64. The number of halogens is 2. The van der Waals surface area contributed by atoms with E-state index in [2.05, 4.69) is 4.72 Å². The summed E-state index contributed by atoms with van der Waals surface area (Å²) in [5.41, 5.74) is 1.59. The predicted molar refractivity (Wildman–Crippen MR) is 90.1 cm³/mol. The molecule has 25 heavy (non-hydrogen) atoms. The van der Waals surface area contributed by atoms with E-state index in [9.17, 15) is 22.0 Å². The highest BCUT2D eigenvalue weighted by Gasteiger charge is 2.21. The maximum Gasteiger partial charge on any atom is 0.328 e. The molecule has 0 aliphatic heterocycles. The number of nitrogens with one attached hydrogen (secondary N) is 1. The van der Waals surface area contributed by atoms with Crippen LogP contribution in [0.15, 0.2) is 40.0 Å². The number of anilines is 1. The van der Waals surface area contributed by atoms with Gasteiger partial charge in [-0.15, -0.1) is 0 Å². The third-order valence-electron chi connectivity index (χ3n) is 4.05. The van der Waals surface area contributed by atoms with Crippen molar-refractivity contribution in [3.8, 4) is 0 Å². The molecule has 0 atom stereocenters. The fraction of sp³-hybridized carbons (Fsp3) is 0.188. The summed E-state index contributed by atoms with van der Waals surface area (Å²) < 4.78 is 57.0. The molecule has 0 amide bonds. The molecule has 0 bridgehead atoms. The van der Waals surface area contributed by atoms with E-state index in [0.717, 1.165) is 12.1 Å². The summed E-state index contributed by atoms with van der Waals surface area (Å²) in [4.78, 5) is 11.2. The Hall–Kier alpha value is -2.68. The SMILES string of the molecule is Cc1cc2c(cc1NS(=O)(=O)c1cc(F)ccc1F)n(C)c(=O)n2C. The second kappa shape index (κ2) is 5.69. The van der Waals surface area contributed by atoms with Gasteiger partial charge >= 0.3 is 5.69 Å². The van der Waals surface area contributed by atoms with Crippen LogP contribution >= 0.6 is 0 Å². The smallest absolute Gasteiger partial charge is 0.295 e. The lowest BCUT2D eigenvalue weighted by molar-refractivity contribution is 0.555. The highest BCUT2D eigenvalue weighted by molar-refractivity contribution is 7.92. The van der Waals surface area contributed by atoms with Gasteiger partial charge in [-0.3, -0.25) is 13.9 Å². The van der Waals surface area contributed by atoms with E-state index in [4.69, 9.17) is 0 Å². The molecule has 0 saturated carbocycles. The Kier molecular flexibility index (Phi) is 3.91. The summed E-state index contributed by atoms with van der Waals surface area (Å²) in [5.74, 6) is -1.92.